The van der Waals surface area contributed by atoms with E-state index in [2.05, 4.69) is 37.3 Å². The Bertz CT molecular complexity index is 304. The molecule has 0 aromatic carbocycles. The fourth-order valence-electron chi connectivity index (χ4n) is 1.65. The molecule has 0 saturated heterocycles. The highest BCUT2D eigenvalue weighted by molar-refractivity contribution is 5.08. The summed E-state index contributed by atoms with van der Waals surface area (Å²) in [6.45, 7) is 9.70. The fraction of sp³-hybridized carbons (Fsp3) is 0.750. The van der Waals surface area contributed by atoms with Crippen LogP contribution < -0.4 is 5.32 Å². The van der Waals surface area contributed by atoms with Crippen molar-refractivity contribution in [1.29, 1.82) is 0 Å². The summed E-state index contributed by atoms with van der Waals surface area (Å²) in [5.41, 5.74) is 2.34. The summed E-state index contributed by atoms with van der Waals surface area (Å²) in [6, 6.07) is 2.70. The van der Waals surface area contributed by atoms with Crippen molar-refractivity contribution in [3.63, 3.8) is 0 Å². The lowest BCUT2D eigenvalue weighted by Crippen LogP contribution is -2.31. The van der Waals surface area contributed by atoms with Gasteiger partial charge in [0.25, 0.3) is 0 Å². The third-order valence-corrected chi connectivity index (χ3v) is 3.20. The third kappa shape index (κ3) is 3.34. The quantitative estimate of drug-likeness (QED) is 0.806. The molecule has 0 aliphatic carbocycles. The molecule has 0 saturated carbocycles. The van der Waals surface area contributed by atoms with E-state index >= 15 is 0 Å². The van der Waals surface area contributed by atoms with Gasteiger partial charge in [-0.2, -0.15) is 5.10 Å². The summed E-state index contributed by atoms with van der Waals surface area (Å²) in [6.07, 6.45) is 1.22. The average molecular weight is 209 g/mol. The molecule has 1 aromatic rings. The normalized spacial score (nSPS) is 15.3. The maximum Gasteiger partial charge on any atom is 0.0597 e. The Morgan fingerprint density at radius 1 is 1.47 bits per heavy atom. The van der Waals surface area contributed by atoms with Crippen LogP contribution in [-0.4, -0.2) is 15.8 Å². The topological polar surface area (TPSA) is 29.9 Å². The van der Waals surface area contributed by atoms with Crippen LogP contribution in [0.2, 0.25) is 0 Å². The van der Waals surface area contributed by atoms with Crippen LogP contribution in [0.4, 0.5) is 0 Å². The smallest absolute Gasteiger partial charge is 0.0597 e. The van der Waals surface area contributed by atoms with Crippen molar-refractivity contribution >= 4 is 0 Å². The van der Waals surface area contributed by atoms with Gasteiger partial charge in [0, 0.05) is 19.6 Å². The number of hydrogen-bond donors (Lipinski definition) is 1. The summed E-state index contributed by atoms with van der Waals surface area (Å²) < 4.78 is 1.95. The molecule has 3 heteroatoms. The molecule has 2 unspecified atom stereocenters. The molecule has 3 nitrogen and oxygen atoms in total. The second-order valence-corrected chi connectivity index (χ2v) is 4.46. The predicted molar refractivity (Wildman–Crippen MR) is 63.7 cm³/mol. The minimum Gasteiger partial charge on any atom is -0.308 e. The van der Waals surface area contributed by atoms with Crippen LogP contribution in [-0.2, 0) is 13.6 Å². The Morgan fingerprint density at radius 2 is 2.13 bits per heavy atom. The molecular weight excluding hydrogens is 186 g/mol. The molecule has 0 aliphatic heterocycles. The van der Waals surface area contributed by atoms with Gasteiger partial charge in [0.05, 0.1) is 11.4 Å². The van der Waals surface area contributed by atoms with Crippen molar-refractivity contribution in [1.82, 2.24) is 15.1 Å². The van der Waals surface area contributed by atoms with E-state index in [4.69, 9.17) is 0 Å². The molecule has 86 valence electrons. The third-order valence-electron chi connectivity index (χ3n) is 3.20. The molecule has 0 spiro atoms. The lowest BCUT2D eigenvalue weighted by Gasteiger charge is -2.19. The largest absolute Gasteiger partial charge is 0.308 e. The highest BCUT2D eigenvalue weighted by Crippen LogP contribution is 2.08. The van der Waals surface area contributed by atoms with Crippen LogP contribution in [0.1, 0.15) is 38.6 Å². The summed E-state index contributed by atoms with van der Waals surface area (Å²) in [5, 5.41) is 7.87. The standard InChI is InChI=1S/C12H23N3/c1-6-9(2)11(4)13-8-12-7-10(3)14-15(12)5/h7,9,11,13H,6,8H2,1-5H3. The zero-order valence-corrected chi connectivity index (χ0v) is 10.5. The van der Waals surface area contributed by atoms with Crippen LogP contribution in [0.5, 0.6) is 0 Å². The van der Waals surface area contributed by atoms with E-state index in [0.29, 0.717) is 6.04 Å². The van der Waals surface area contributed by atoms with E-state index in [1.54, 1.807) is 0 Å². The average Bonchev–Trinajstić information content (AvgIpc) is 2.52. The van der Waals surface area contributed by atoms with E-state index in [1.807, 2.05) is 18.7 Å². The molecule has 0 radical (unpaired) electrons. The van der Waals surface area contributed by atoms with Crippen molar-refractivity contribution in [2.75, 3.05) is 0 Å². The molecular formula is C12H23N3. The molecule has 1 aromatic heterocycles. The minimum atomic E-state index is 0.560. The van der Waals surface area contributed by atoms with Crippen molar-refractivity contribution < 1.29 is 0 Å². The molecule has 0 amide bonds. The van der Waals surface area contributed by atoms with Crippen LogP contribution >= 0.6 is 0 Å². The number of nitrogens with zero attached hydrogens (tertiary/aromatic N) is 2. The molecule has 1 N–H and O–H groups in total. The molecule has 1 heterocycles. The van der Waals surface area contributed by atoms with Crippen molar-refractivity contribution in [3.05, 3.63) is 17.5 Å². The predicted octanol–water partition coefficient (Wildman–Crippen LogP) is 2.25. The Morgan fingerprint density at radius 3 is 2.60 bits per heavy atom. The lowest BCUT2D eigenvalue weighted by atomic mass is 10.0. The van der Waals surface area contributed by atoms with Gasteiger partial charge in [-0.3, -0.25) is 4.68 Å². The lowest BCUT2D eigenvalue weighted by molar-refractivity contribution is 0.385. The molecule has 2 atom stereocenters. The van der Waals surface area contributed by atoms with E-state index in [1.165, 1.54) is 12.1 Å². The highest BCUT2D eigenvalue weighted by Gasteiger charge is 2.10. The minimum absolute atomic E-state index is 0.560. The first-order chi connectivity index (χ1) is 7.04. The second-order valence-electron chi connectivity index (χ2n) is 4.46. The molecule has 0 bridgehead atoms. The molecule has 0 aliphatic rings. The van der Waals surface area contributed by atoms with Crippen LogP contribution in [0.3, 0.4) is 0 Å². The molecule has 15 heavy (non-hydrogen) atoms. The Kier molecular flexibility index (Phi) is 4.33. The Hall–Kier alpha value is -0.830. The van der Waals surface area contributed by atoms with Gasteiger partial charge in [-0.05, 0) is 25.8 Å². The summed E-state index contributed by atoms with van der Waals surface area (Å²) in [4.78, 5) is 0. The van der Waals surface area contributed by atoms with Gasteiger partial charge < -0.3 is 5.32 Å². The Labute approximate surface area is 92.9 Å². The van der Waals surface area contributed by atoms with Crippen molar-refractivity contribution in [2.45, 2.75) is 46.7 Å². The van der Waals surface area contributed by atoms with Crippen LogP contribution in [0.25, 0.3) is 0 Å². The maximum atomic E-state index is 4.33. The monoisotopic (exact) mass is 209 g/mol. The van der Waals surface area contributed by atoms with E-state index < -0.39 is 0 Å². The number of nitrogens with one attached hydrogen (secondary N) is 1. The first kappa shape index (κ1) is 12.2. The van der Waals surface area contributed by atoms with Gasteiger partial charge in [-0.1, -0.05) is 20.3 Å². The first-order valence-corrected chi connectivity index (χ1v) is 5.77. The summed E-state index contributed by atoms with van der Waals surface area (Å²) in [7, 11) is 2.00. The van der Waals surface area contributed by atoms with Gasteiger partial charge in [0.15, 0.2) is 0 Å². The van der Waals surface area contributed by atoms with Gasteiger partial charge >= 0.3 is 0 Å². The first-order valence-electron chi connectivity index (χ1n) is 5.77. The zero-order valence-electron chi connectivity index (χ0n) is 10.5. The van der Waals surface area contributed by atoms with E-state index in [-0.39, 0.29) is 0 Å². The molecule has 0 fully saturated rings. The van der Waals surface area contributed by atoms with Gasteiger partial charge in [-0.15, -0.1) is 0 Å². The maximum absolute atomic E-state index is 4.33. The number of aryl methyl sites for hydroxylation is 2. The van der Waals surface area contributed by atoms with E-state index in [0.717, 1.165) is 18.2 Å². The van der Waals surface area contributed by atoms with Crippen LogP contribution in [0, 0.1) is 12.8 Å². The number of hydrogen-bond acceptors (Lipinski definition) is 2. The number of aromatic nitrogens is 2. The SMILES string of the molecule is CCC(C)C(C)NCc1cc(C)nn1C. The van der Waals surface area contributed by atoms with Crippen molar-refractivity contribution in [2.24, 2.45) is 13.0 Å². The van der Waals surface area contributed by atoms with Crippen molar-refractivity contribution in [3.8, 4) is 0 Å². The Balaban J connectivity index is 2.46. The van der Waals surface area contributed by atoms with E-state index in [9.17, 15) is 0 Å². The zero-order chi connectivity index (χ0) is 11.4. The summed E-state index contributed by atoms with van der Waals surface area (Å²) in [5.74, 6) is 0.722. The second kappa shape index (κ2) is 5.31. The summed E-state index contributed by atoms with van der Waals surface area (Å²) >= 11 is 0. The highest BCUT2D eigenvalue weighted by atomic mass is 15.3. The number of rotatable bonds is 5. The van der Waals surface area contributed by atoms with Gasteiger partial charge in [-0.25, -0.2) is 0 Å². The fourth-order valence-corrected chi connectivity index (χ4v) is 1.65. The molecule has 1 rings (SSSR count). The van der Waals surface area contributed by atoms with Gasteiger partial charge in [0.1, 0.15) is 0 Å². The van der Waals surface area contributed by atoms with Gasteiger partial charge in [0.2, 0.25) is 0 Å². The van der Waals surface area contributed by atoms with Crippen LogP contribution in [0.15, 0.2) is 6.07 Å².